The molecule has 3 aliphatic heterocycles. The molecule has 2 atom stereocenters. The number of ether oxygens (including phenoxy) is 1. The Morgan fingerprint density at radius 1 is 1.27 bits per heavy atom. The van der Waals surface area contributed by atoms with Gasteiger partial charge in [0.15, 0.2) is 9.84 Å². The molecular weight excluding hydrogens is 573 g/mol. The van der Waals surface area contributed by atoms with E-state index in [1.165, 1.54) is 4.90 Å². The van der Waals surface area contributed by atoms with Crippen LogP contribution in [0.15, 0.2) is 9.70 Å². The van der Waals surface area contributed by atoms with Crippen LogP contribution in [0.1, 0.15) is 62.6 Å². The van der Waals surface area contributed by atoms with Crippen LogP contribution in [0.5, 0.6) is 0 Å². The fourth-order valence-electron chi connectivity index (χ4n) is 5.54. The van der Waals surface area contributed by atoms with E-state index in [-0.39, 0.29) is 45.8 Å². The van der Waals surface area contributed by atoms with Crippen LogP contribution in [0.4, 0.5) is 5.82 Å². The van der Waals surface area contributed by atoms with E-state index >= 15 is 0 Å². The summed E-state index contributed by atoms with van der Waals surface area (Å²) < 4.78 is 31.3. The van der Waals surface area contributed by atoms with Gasteiger partial charge in [-0.05, 0) is 51.2 Å². The highest BCUT2D eigenvalue weighted by atomic mass is 32.2. The largest absolute Gasteiger partial charge is 0.466 e. The molecule has 1 aromatic heterocycles. The van der Waals surface area contributed by atoms with Gasteiger partial charge in [0.05, 0.1) is 35.0 Å². The number of esters is 1. The zero-order chi connectivity index (χ0) is 29.2. The molecule has 0 N–H and O–H groups in total. The van der Waals surface area contributed by atoms with Crippen LogP contribution in [0.2, 0.25) is 0 Å². The van der Waals surface area contributed by atoms with E-state index in [9.17, 15) is 28.1 Å². The third kappa shape index (κ3) is 5.99. The first kappa shape index (κ1) is 30.3. The van der Waals surface area contributed by atoms with E-state index in [4.69, 9.17) is 17.0 Å². The van der Waals surface area contributed by atoms with Crippen LogP contribution in [0.25, 0.3) is 6.08 Å². The van der Waals surface area contributed by atoms with Gasteiger partial charge in [-0.15, -0.1) is 0 Å². The molecular formula is C27H34N4O6S3. The van der Waals surface area contributed by atoms with Crippen molar-refractivity contribution >= 4 is 61.9 Å². The van der Waals surface area contributed by atoms with Crippen molar-refractivity contribution in [1.82, 2.24) is 9.47 Å². The van der Waals surface area contributed by atoms with Crippen molar-refractivity contribution in [2.24, 2.45) is 5.92 Å². The number of amides is 1. The summed E-state index contributed by atoms with van der Waals surface area (Å²) in [5.41, 5.74) is 0.600. The zero-order valence-corrected chi connectivity index (χ0v) is 25.4. The number of nitrogens with zero attached hydrogens (tertiary/aromatic N) is 4. The van der Waals surface area contributed by atoms with Crippen molar-refractivity contribution in [3.63, 3.8) is 0 Å². The number of anilines is 1. The Morgan fingerprint density at radius 2 is 2.02 bits per heavy atom. The van der Waals surface area contributed by atoms with Gasteiger partial charge in [-0.2, -0.15) is 5.26 Å². The molecule has 0 saturated carbocycles. The molecule has 3 aliphatic rings. The summed E-state index contributed by atoms with van der Waals surface area (Å²) in [7, 11) is -3.23. The van der Waals surface area contributed by atoms with Crippen LogP contribution in [-0.4, -0.2) is 71.3 Å². The molecule has 13 heteroatoms. The molecule has 10 nitrogen and oxygen atoms in total. The molecule has 1 amide bonds. The first-order chi connectivity index (χ1) is 19.0. The number of hydrogen-bond acceptors (Lipinski definition) is 10. The molecule has 3 saturated heterocycles. The average Bonchev–Trinajstić information content (AvgIpc) is 3.41. The van der Waals surface area contributed by atoms with E-state index in [0.717, 1.165) is 18.2 Å². The lowest BCUT2D eigenvalue weighted by Crippen LogP contribution is -2.43. The first-order valence-corrected chi connectivity index (χ1v) is 16.6. The second-order valence-electron chi connectivity index (χ2n) is 10.3. The van der Waals surface area contributed by atoms with Crippen LogP contribution >= 0.6 is 24.0 Å². The van der Waals surface area contributed by atoms with Crippen LogP contribution in [-0.2, 0) is 30.7 Å². The molecule has 0 bridgehead atoms. The Bertz CT molecular complexity index is 1460. The maximum Gasteiger partial charge on any atom is 0.310 e. The molecule has 3 fully saturated rings. The minimum absolute atomic E-state index is 0.00224. The molecule has 2 unspecified atom stereocenters. The Hall–Kier alpha value is -2.69. The third-order valence-corrected chi connectivity index (χ3v) is 10.7. The number of unbranched alkanes of at least 4 members (excludes halogenated alkanes) is 1. The fourth-order valence-corrected chi connectivity index (χ4v) is 8.62. The van der Waals surface area contributed by atoms with Crippen molar-refractivity contribution in [2.45, 2.75) is 65.5 Å². The van der Waals surface area contributed by atoms with Gasteiger partial charge in [-0.3, -0.25) is 23.9 Å². The number of piperidine rings is 1. The minimum Gasteiger partial charge on any atom is -0.466 e. The molecule has 0 spiro atoms. The number of carbonyl (C=O) groups is 2. The van der Waals surface area contributed by atoms with E-state index in [0.29, 0.717) is 67.2 Å². The summed E-state index contributed by atoms with van der Waals surface area (Å²) >= 11 is 6.59. The maximum absolute atomic E-state index is 13.6. The number of aromatic nitrogens is 1. The normalized spacial score (nSPS) is 23.6. The van der Waals surface area contributed by atoms with E-state index in [2.05, 4.69) is 6.07 Å². The Balaban J connectivity index is 1.84. The SMILES string of the molecule is CCCCn1c(N2CCCC(C(=O)OCC)C2)c(/C=C2/SC(=S)N(C3CCS(=O)(=O)C3)C2=O)c(C)c(C#N)c1=O. The maximum atomic E-state index is 13.6. The number of carbonyl (C=O) groups excluding carboxylic acids is 2. The standard InChI is InChI=1S/C27H34N4O6S3/c1-4-6-11-30-23(29-10-7-8-18(15-29)26(34)37-5-2)20(17(3)21(14-28)24(30)32)13-22-25(33)31(27(38)39-22)19-9-12-40(35,36)16-19/h13,18-19H,4-12,15-16H2,1-3H3/b22-13+. The number of thiocarbonyl (C=S) groups is 1. The quantitative estimate of drug-likeness (QED) is 0.247. The van der Waals surface area contributed by atoms with Crippen LogP contribution in [0.3, 0.4) is 0 Å². The predicted molar refractivity (Wildman–Crippen MR) is 159 cm³/mol. The van der Waals surface area contributed by atoms with Crippen molar-refractivity contribution < 1.29 is 22.7 Å². The first-order valence-electron chi connectivity index (χ1n) is 13.6. The second-order valence-corrected chi connectivity index (χ2v) is 14.2. The van der Waals surface area contributed by atoms with Gasteiger partial charge in [-0.25, -0.2) is 8.42 Å². The number of sulfone groups is 1. The van der Waals surface area contributed by atoms with Gasteiger partial charge in [0.1, 0.15) is 21.8 Å². The summed E-state index contributed by atoms with van der Waals surface area (Å²) in [5, 5.41) is 9.92. The Labute approximate surface area is 244 Å². The van der Waals surface area contributed by atoms with Gasteiger partial charge in [0, 0.05) is 25.2 Å². The van der Waals surface area contributed by atoms with Crippen LogP contribution < -0.4 is 10.5 Å². The molecule has 1 aromatic rings. The summed E-state index contributed by atoms with van der Waals surface area (Å²) in [6, 6.07) is 1.54. The monoisotopic (exact) mass is 606 g/mol. The van der Waals surface area contributed by atoms with E-state index in [1.54, 1.807) is 24.5 Å². The summed E-state index contributed by atoms with van der Waals surface area (Å²) in [5.74, 6) is -0.570. The molecule has 4 rings (SSSR count). The number of hydrogen-bond donors (Lipinski definition) is 0. The van der Waals surface area contributed by atoms with Gasteiger partial charge in [-0.1, -0.05) is 37.3 Å². The van der Waals surface area contributed by atoms with Gasteiger partial charge >= 0.3 is 5.97 Å². The molecule has 40 heavy (non-hydrogen) atoms. The zero-order valence-electron chi connectivity index (χ0n) is 23.0. The predicted octanol–water partition coefficient (Wildman–Crippen LogP) is 3.00. The number of rotatable bonds is 8. The highest BCUT2D eigenvalue weighted by Gasteiger charge is 2.42. The molecule has 0 radical (unpaired) electrons. The molecule has 0 aliphatic carbocycles. The molecule has 0 aromatic carbocycles. The van der Waals surface area contributed by atoms with E-state index < -0.39 is 21.4 Å². The van der Waals surface area contributed by atoms with Gasteiger partial charge in [0.2, 0.25) is 0 Å². The highest BCUT2D eigenvalue weighted by Crippen LogP contribution is 2.39. The third-order valence-electron chi connectivity index (χ3n) is 7.60. The van der Waals surface area contributed by atoms with E-state index in [1.807, 2.05) is 11.8 Å². The fraction of sp³-hybridized carbons (Fsp3) is 0.593. The second kappa shape index (κ2) is 12.4. The lowest BCUT2D eigenvalue weighted by Gasteiger charge is -2.36. The number of nitriles is 1. The van der Waals surface area contributed by atoms with Gasteiger partial charge in [0.25, 0.3) is 11.5 Å². The molecule has 216 valence electrons. The smallest absolute Gasteiger partial charge is 0.310 e. The summed E-state index contributed by atoms with van der Waals surface area (Å²) in [6.07, 6.45) is 4.91. The lowest BCUT2D eigenvalue weighted by atomic mass is 9.96. The topological polar surface area (TPSA) is 130 Å². The number of pyridine rings is 1. The van der Waals surface area contributed by atoms with Crippen LogP contribution in [0, 0.1) is 24.2 Å². The number of thioether (sulfide) groups is 1. The van der Waals surface area contributed by atoms with Gasteiger partial charge < -0.3 is 9.64 Å². The molecule has 4 heterocycles. The highest BCUT2D eigenvalue weighted by molar-refractivity contribution is 8.26. The van der Waals surface area contributed by atoms with Crippen molar-refractivity contribution in [3.8, 4) is 6.07 Å². The Kier molecular flexibility index (Phi) is 9.42. The van der Waals surface area contributed by atoms with Crippen molar-refractivity contribution in [1.29, 1.82) is 5.26 Å². The average molecular weight is 607 g/mol. The lowest BCUT2D eigenvalue weighted by molar-refractivity contribution is -0.148. The summed E-state index contributed by atoms with van der Waals surface area (Å²) in [4.78, 5) is 43.4. The van der Waals surface area contributed by atoms with Crippen molar-refractivity contribution in [3.05, 3.63) is 31.9 Å². The van der Waals surface area contributed by atoms with Crippen molar-refractivity contribution in [2.75, 3.05) is 36.1 Å². The summed E-state index contributed by atoms with van der Waals surface area (Å²) in [6.45, 7) is 7.06. The Morgan fingerprint density at radius 3 is 2.65 bits per heavy atom. The minimum atomic E-state index is -3.23.